The number of ether oxygens (including phenoxy) is 1. The van der Waals surface area contributed by atoms with Crippen molar-refractivity contribution in [3.05, 3.63) is 50.1 Å². The van der Waals surface area contributed by atoms with Gasteiger partial charge in [-0.15, -0.1) is 11.3 Å². The zero-order chi connectivity index (χ0) is 18.4. The van der Waals surface area contributed by atoms with Gasteiger partial charge in [0.1, 0.15) is 0 Å². The van der Waals surface area contributed by atoms with Crippen molar-refractivity contribution in [2.45, 2.75) is 26.7 Å². The predicted octanol–water partition coefficient (Wildman–Crippen LogP) is 4.27. The van der Waals surface area contributed by atoms with Crippen molar-refractivity contribution in [3.63, 3.8) is 0 Å². The van der Waals surface area contributed by atoms with E-state index in [-0.39, 0.29) is 25.2 Å². The summed E-state index contributed by atoms with van der Waals surface area (Å²) in [5.41, 5.74) is 1.66. The minimum atomic E-state index is -0.570. The number of benzene rings is 1. The third-order valence-electron chi connectivity index (χ3n) is 3.33. The van der Waals surface area contributed by atoms with E-state index < -0.39 is 11.9 Å². The molecular formula is C18H18BrNO4S. The van der Waals surface area contributed by atoms with Crippen LogP contribution in [0.25, 0.3) is 0 Å². The van der Waals surface area contributed by atoms with Crippen molar-refractivity contribution < 1.29 is 19.1 Å². The van der Waals surface area contributed by atoms with Crippen molar-refractivity contribution in [1.29, 1.82) is 0 Å². The van der Waals surface area contributed by atoms with Gasteiger partial charge in [-0.2, -0.15) is 0 Å². The van der Waals surface area contributed by atoms with Crippen molar-refractivity contribution in [2.75, 3.05) is 11.9 Å². The fourth-order valence-electron chi connectivity index (χ4n) is 2.05. The number of Topliss-reactive ketones (excluding diaryl/α,β-unsaturated/α-hetero) is 1. The molecule has 0 saturated heterocycles. The number of carbonyl (C=O) groups is 3. The molecule has 1 heterocycles. The first-order chi connectivity index (χ1) is 11.8. The molecule has 0 radical (unpaired) electrons. The Kier molecular flexibility index (Phi) is 6.90. The third-order valence-corrected chi connectivity index (χ3v) is 5.03. The normalized spacial score (nSPS) is 10.4. The molecule has 1 aromatic heterocycles. The molecule has 1 aromatic carbocycles. The number of thiophene rings is 1. The molecule has 5 nitrogen and oxygen atoms in total. The van der Waals surface area contributed by atoms with Gasteiger partial charge in [-0.3, -0.25) is 14.4 Å². The number of aryl methyl sites for hydroxylation is 2. The molecule has 0 spiro atoms. The van der Waals surface area contributed by atoms with Gasteiger partial charge >= 0.3 is 5.97 Å². The van der Waals surface area contributed by atoms with Crippen LogP contribution in [0.2, 0.25) is 0 Å². The Morgan fingerprint density at radius 1 is 1.12 bits per heavy atom. The molecule has 7 heteroatoms. The maximum absolute atomic E-state index is 11.9. The summed E-state index contributed by atoms with van der Waals surface area (Å²) in [5.74, 6) is -1.10. The first-order valence-electron chi connectivity index (χ1n) is 7.66. The number of halogens is 1. The van der Waals surface area contributed by atoms with Gasteiger partial charge in [-0.1, -0.05) is 6.07 Å². The van der Waals surface area contributed by atoms with Crippen LogP contribution in [-0.2, 0) is 14.3 Å². The highest BCUT2D eigenvalue weighted by Crippen LogP contribution is 2.23. The topological polar surface area (TPSA) is 72.5 Å². The quantitative estimate of drug-likeness (QED) is 0.532. The lowest BCUT2D eigenvalue weighted by atomic mass is 10.2. The standard InChI is InChI=1S/C18H18BrNO4S/c1-11-3-5-14(13(19)9-11)20-17(22)10-24-18(23)8-6-15(21)16-7-4-12(2)25-16/h3-5,7,9H,6,8,10H2,1-2H3,(H,20,22). The van der Waals surface area contributed by atoms with Crippen molar-refractivity contribution in [3.8, 4) is 0 Å². The zero-order valence-electron chi connectivity index (χ0n) is 13.9. The van der Waals surface area contributed by atoms with Crippen molar-refractivity contribution >= 4 is 50.6 Å². The minimum Gasteiger partial charge on any atom is -0.456 e. The van der Waals surface area contributed by atoms with Gasteiger partial charge in [0.05, 0.1) is 17.0 Å². The van der Waals surface area contributed by atoms with Crippen LogP contribution < -0.4 is 5.32 Å². The van der Waals surface area contributed by atoms with E-state index in [9.17, 15) is 14.4 Å². The number of hydrogen-bond donors (Lipinski definition) is 1. The van der Waals surface area contributed by atoms with Crippen LogP contribution in [0.5, 0.6) is 0 Å². The summed E-state index contributed by atoms with van der Waals surface area (Å²) in [4.78, 5) is 37.1. The van der Waals surface area contributed by atoms with Crippen LogP contribution in [0.4, 0.5) is 5.69 Å². The largest absolute Gasteiger partial charge is 0.456 e. The van der Waals surface area contributed by atoms with E-state index in [0.29, 0.717) is 10.6 Å². The molecule has 132 valence electrons. The highest BCUT2D eigenvalue weighted by molar-refractivity contribution is 9.10. The Morgan fingerprint density at radius 2 is 1.88 bits per heavy atom. The van der Waals surface area contributed by atoms with Gasteiger partial charge in [0.25, 0.3) is 5.91 Å². The molecule has 25 heavy (non-hydrogen) atoms. The summed E-state index contributed by atoms with van der Waals surface area (Å²) in [6, 6.07) is 9.12. The summed E-state index contributed by atoms with van der Waals surface area (Å²) in [5, 5.41) is 2.66. The van der Waals surface area contributed by atoms with Crippen molar-refractivity contribution in [1.82, 2.24) is 0 Å². The second kappa shape index (κ2) is 8.92. The molecular weight excluding hydrogens is 406 g/mol. The average Bonchev–Trinajstić information content (AvgIpc) is 3.00. The highest BCUT2D eigenvalue weighted by Gasteiger charge is 2.13. The molecule has 2 rings (SSSR count). The van der Waals surface area contributed by atoms with Crippen LogP contribution in [0.1, 0.15) is 33.0 Å². The summed E-state index contributed by atoms with van der Waals surface area (Å²) >= 11 is 4.76. The van der Waals surface area contributed by atoms with E-state index in [1.54, 1.807) is 12.1 Å². The summed E-state index contributed by atoms with van der Waals surface area (Å²) < 4.78 is 5.67. The number of carbonyl (C=O) groups excluding carboxylic acids is 3. The van der Waals surface area contributed by atoms with Gasteiger partial charge in [0.15, 0.2) is 12.4 Å². The Balaban J connectivity index is 1.74. The molecule has 0 aliphatic carbocycles. The van der Waals surface area contributed by atoms with Crippen LogP contribution in [0.15, 0.2) is 34.8 Å². The number of hydrogen-bond acceptors (Lipinski definition) is 5. The highest BCUT2D eigenvalue weighted by atomic mass is 79.9. The monoisotopic (exact) mass is 423 g/mol. The van der Waals surface area contributed by atoms with Gasteiger partial charge < -0.3 is 10.1 Å². The Morgan fingerprint density at radius 3 is 2.52 bits per heavy atom. The smallest absolute Gasteiger partial charge is 0.306 e. The molecule has 0 bridgehead atoms. The molecule has 0 saturated carbocycles. The summed E-state index contributed by atoms with van der Waals surface area (Å²) in [6.45, 7) is 3.48. The number of rotatable bonds is 7. The fourth-order valence-corrected chi connectivity index (χ4v) is 3.48. The average molecular weight is 424 g/mol. The van der Waals surface area contributed by atoms with Crippen LogP contribution >= 0.6 is 27.3 Å². The first kappa shape index (κ1) is 19.3. The Hall–Kier alpha value is -1.99. The van der Waals surface area contributed by atoms with Gasteiger partial charge in [0.2, 0.25) is 0 Å². The van der Waals surface area contributed by atoms with Crippen LogP contribution in [0.3, 0.4) is 0 Å². The van der Waals surface area contributed by atoms with Crippen molar-refractivity contribution in [2.24, 2.45) is 0 Å². The Labute approximate surface area is 158 Å². The first-order valence-corrected chi connectivity index (χ1v) is 9.27. The number of ketones is 1. The molecule has 0 unspecified atom stereocenters. The number of amides is 1. The maximum atomic E-state index is 11.9. The second-order valence-corrected chi connectivity index (χ2v) is 7.67. The minimum absolute atomic E-state index is 0.0444. The fraction of sp³-hybridized carbons (Fsp3) is 0.278. The lowest BCUT2D eigenvalue weighted by Crippen LogP contribution is -2.21. The lowest BCUT2D eigenvalue weighted by Gasteiger charge is -2.08. The zero-order valence-corrected chi connectivity index (χ0v) is 16.3. The van der Waals surface area contributed by atoms with Gasteiger partial charge in [-0.05, 0) is 59.6 Å². The molecule has 0 fully saturated rings. The number of esters is 1. The van der Waals surface area contributed by atoms with E-state index in [1.165, 1.54) is 11.3 Å². The van der Waals surface area contributed by atoms with Gasteiger partial charge in [-0.25, -0.2) is 0 Å². The summed E-state index contributed by atoms with van der Waals surface area (Å²) in [7, 11) is 0. The van der Waals surface area contributed by atoms with E-state index in [2.05, 4.69) is 21.2 Å². The molecule has 0 aliphatic heterocycles. The number of nitrogens with one attached hydrogen (secondary N) is 1. The summed E-state index contributed by atoms with van der Waals surface area (Å²) in [6.07, 6.45) is 0.0290. The van der Waals surface area contributed by atoms with E-state index >= 15 is 0 Å². The molecule has 0 atom stereocenters. The lowest BCUT2D eigenvalue weighted by molar-refractivity contribution is -0.147. The maximum Gasteiger partial charge on any atom is 0.306 e. The van der Waals surface area contributed by atoms with Crippen LogP contribution in [-0.4, -0.2) is 24.3 Å². The van der Waals surface area contributed by atoms with E-state index in [1.807, 2.05) is 32.0 Å². The molecule has 2 aromatic rings. The third kappa shape index (κ3) is 6.10. The Bertz CT molecular complexity index is 800. The number of anilines is 1. The van der Waals surface area contributed by atoms with Gasteiger partial charge in [0, 0.05) is 15.8 Å². The van der Waals surface area contributed by atoms with Crippen LogP contribution in [0, 0.1) is 13.8 Å². The predicted molar refractivity (Wildman–Crippen MR) is 101 cm³/mol. The second-order valence-electron chi connectivity index (χ2n) is 5.53. The SMILES string of the molecule is Cc1ccc(NC(=O)COC(=O)CCC(=O)c2ccc(C)s2)c(Br)c1. The molecule has 1 amide bonds. The van der Waals surface area contributed by atoms with E-state index in [0.717, 1.165) is 14.9 Å². The molecule has 1 N–H and O–H groups in total. The van der Waals surface area contributed by atoms with E-state index in [4.69, 9.17) is 4.74 Å². The molecule has 0 aliphatic rings.